The zero-order chi connectivity index (χ0) is 21.2. The average Bonchev–Trinajstić information content (AvgIpc) is 3.48. The lowest BCUT2D eigenvalue weighted by molar-refractivity contribution is 0.0859. The van der Waals surface area contributed by atoms with Gasteiger partial charge in [-0.05, 0) is 31.0 Å². The van der Waals surface area contributed by atoms with Gasteiger partial charge in [-0.2, -0.15) is 0 Å². The van der Waals surface area contributed by atoms with E-state index in [9.17, 15) is 9.18 Å². The predicted octanol–water partition coefficient (Wildman–Crippen LogP) is 4.60. The number of halogens is 1. The summed E-state index contributed by atoms with van der Waals surface area (Å²) in [5.41, 5.74) is 2.43. The molecule has 1 saturated heterocycles. The molecule has 1 aliphatic heterocycles. The summed E-state index contributed by atoms with van der Waals surface area (Å²) in [5.74, 6) is -0.733. The van der Waals surface area contributed by atoms with E-state index in [2.05, 4.69) is 15.5 Å². The summed E-state index contributed by atoms with van der Waals surface area (Å²) < 4.78 is 25.5. The van der Waals surface area contributed by atoms with Gasteiger partial charge < -0.3 is 14.6 Å². The summed E-state index contributed by atoms with van der Waals surface area (Å²) in [7, 11) is 0. The van der Waals surface area contributed by atoms with Gasteiger partial charge in [-0.15, -0.1) is 0 Å². The fraction of sp³-hybridized carbons (Fsp3) is 0.208. The number of ether oxygens (including phenoxy) is 1. The van der Waals surface area contributed by atoms with Crippen LogP contribution in [0.4, 0.5) is 4.39 Å². The molecule has 0 saturated carbocycles. The molecule has 1 fully saturated rings. The Morgan fingerprint density at radius 2 is 1.94 bits per heavy atom. The number of aromatic nitrogens is 2. The number of nitrogens with one attached hydrogen (secondary N) is 1. The van der Waals surface area contributed by atoms with Crippen LogP contribution in [0.1, 0.15) is 23.2 Å². The van der Waals surface area contributed by atoms with Gasteiger partial charge in [-0.3, -0.25) is 4.79 Å². The molecule has 4 aromatic rings. The number of rotatable bonds is 5. The normalized spacial score (nSPS) is 16.0. The topological polar surface area (TPSA) is 77.2 Å². The lowest BCUT2D eigenvalue weighted by atomic mass is 10.0. The number of amides is 1. The molecule has 1 amide bonds. The molecule has 0 spiro atoms. The first-order chi connectivity index (χ1) is 15.2. The van der Waals surface area contributed by atoms with E-state index in [1.54, 1.807) is 24.3 Å². The van der Waals surface area contributed by atoms with Crippen LogP contribution >= 0.6 is 0 Å². The molecule has 0 bridgehead atoms. The Morgan fingerprint density at radius 3 is 2.71 bits per heavy atom. The van der Waals surface area contributed by atoms with Crippen LogP contribution in [0.5, 0.6) is 0 Å². The molecule has 31 heavy (non-hydrogen) atoms. The zero-order valence-electron chi connectivity index (χ0n) is 16.7. The smallest absolute Gasteiger partial charge is 0.259 e. The highest BCUT2D eigenvalue weighted by Gasteiger charge is 2.24. The minimum Gasteiger partial charge on any atom is -0.376 e. The monoisotopic (exact) mass is 417 g/mol. The number of hydrogen-bond donors (Lipinski definition) is 1. The predicted molar refractivity (Wildman–Crippen MR) is 114 cm³/mol. The first-order valence-electron chi connectivity index (χ1n) is 10.2. The first kappa shape index (κ1) is 19.4. The highest BCUT2D eigenvalue weighted by Crippen LogP contribution is 2.33. The van der Waals surface area contributed by atoms with Crippen molar-refractivity contribution in [1.29, 1.82) is 0 Å². The van der Waals surface area contributed by atoms with Gasteiger partial charge in [-0.25, -0.2) is 9.37 Å². The number of benzene rings is 2. The average molecular weight is 417 g/mol. The van der Waals surface area contributed by atoms with Crippen LogP contribution in [0.2, 0.25) is 0 Å². The lowest BCUT2D eigenvalue weighted by Crippen LogP contribution is -2.32. The van der Waals surface area contributed by atoms with Crippen molar-refractivity contribution in [2.24, 2.45) is 0 Å². The summed E-state index contributed by atoms with van der Waals surface area (Å²) in [6, 6.07) is 17.3. The highest BCUT2D eigenvalue weighted by molar-refractivity contribution is 6.10. The molecule has 1 unspecified atom stereocenters. The van der Waals surface area contributed by atoms with Gasteiger partial charge in [0.15, 0.2) is 0 Å². The van der Waals surface area contributed by atoms with Crippen LogP contribution in [0, 0.1) is 5.82 Å². The van der Waals surface area contributed by atoms with Gasteiger partial charge in [0, 0.05) is 24.3 Å². The molecule has 2 aromatic carbocycles. The van der Waals surface area contributed by atoms with E-state index in [1.807, 2.05) is 30.3 Å². The fourth-order valence-corrected chi connectivity index (χ4v) is 3.84. The van der Waals surface area contributed by atoms with Crippen molar-refractivity contribution >= 4 is 17.0 Å². The highest BCUT2D eigenvalue weighted by atomic mass is 19.1. The van der Waals surface area contributed by atoms with E-state index >= 15 is 0 Å². The second-order valence-electron chi connectivity index (χ2n) is 7.46. The number of fused-ring (bicyclic) bond motifs is 1. The Balaban J connectivity index is 1.62. The van der Waals surface area contributed by atoms with Crippen molar-refractivity contribution in [2.75, 3.05) is 13.2 Å². The molecule has 0 radical (unpaired) electrons. The maximum absolute atomic E-state index is 14.4. The van der Waals surface area contributed by atoms with Crippen molar-refractivity contribution in [3.8, 4) is 22.5 Å². The quantitative estimate of drug-likeness (QED) is 0.513. The SMILES string of the molecule is O=C(NCC1CCCO1)c1cc(-c2ccccc2F)nc2onc(-c3ccccc3)c12. The second-order valence-corrected chi connectivity index (χ2v) is 7.46. The Hall–Kier alpha value is -3.58. The maximum Gasteiger partial charge on any atom is 0.259 e. The molecule has 0 aliphatic carbocycles. The van der Waals surface area contributed by atoms with Crippen molar-refractivity contribution in [2.45, 2.75) is 18.9 Å². The molecule has 7 heteroatoms. The molecule has 1 N–H and O–H groups in total. The van der Waals surface area contributed by atoms with Crippen LogP contribution in [0.3, 0.4) is 0 Å². The molecule has 3 heterocycles. The van der Waals surface area contributed by atoms with Crippen LogP contribution in [0.15, 0.2) is 65.2 Å². The Morgan fingerprint density at radius 1 is 1.13 bits per heavy atom. The van der Waals surface area contributed by atoms with E-state index in [1.165, 1.54) is 6.07 Å². The summed E-state index contributed by atoms with van der Waals surface area (Å²) in [4.78, 5) is 17.7. The maximum atomic E-state index is 14.4. The molecule has 2 aromatic heterocycles. The van der Waals surface area contributed by atoms with Gasteiger partial charge >= 0.3 is 0 Å². The zero-order valence-corrected chi connectivity index (χ0v) is 16.7. The lowest BCUT2D eigenvalue weighted by Gasteiger charge is -2.12. The molecule has 1 atom stereocenters. The molecular formula is C24H20FN3O3. The first-order valence-corrected chi connectivity index (χ1v) is 10.2. The minimum absolute atomic E-state index is 0.00313. The molecule has 6 nitrogen and oxygen atoms in total. The molecule has 1 aliphatic rings. The van der Waals surface area contributed by atoms with Gasteiger partial charge in [0.25, 0.3) is 11.6 Å². The van der Waals surface area contributed by atoms with Crippen LogP contribution < -0.4 is 5.32 Å². The van der Waals surface area contributed by atoms with Crippen molar-refractivity contribution in [1.82, 2.24) is 15.5 Å². The number of pyridine rings is 1. The summed E-state index contributed by atoms with van der Waals surface area (Å²) >= 11 is 0. The van der Waals surface area contributed by atoms with Gasteiger partial charge in [0.05, 0.1) is 22.7 Å². The third-order valence-electron chi connectivity index (χ3n) is 5.40. The third-order valence-corrected chi connectivity index (χ3v) is 5.40. The Kier molecular flexibility index (Phi) is 5.18. The Bertz CT molecular complexity index is 1230. The fourth-order valence-electron chi connectivity index (χ4n) is 3.84. The number of nitrogens with zero attached hydrogens (tertiary/aromatic N) is 2. The summed E-state index contributed by atoms with van der Waals surface area (Å²) in [5, 5.41) is 7.60. The number of carbonyl (C=O) groups is 1. The van der Waals surface area contributed by atoms with Crippen molar-refractivity contribution in [3.05, 3.63) is 72.0 Å². The molecule has 5 rings (SSSR count). The standard InChI is InChI=1S/C24H20FN3O3/c25-19-11-5-4-10-17(19)20-13-18(23(29)26-14-16-9-6-12-30-16)21-22(28-31-24(21)27-20)15-7-2-1-3-8-15/h1-5,7-8,10-11,13,16H,6,9,12,14H2,(H,26,29). The van der Waals surface area contributed by atoms with E-state index in [-0.39, 0.29) is 23.3 Å². The van der Waals surface area contributed by atoms with E-state index in [0.717, 1.165) is 18.4 Å². The second kappa shape index (κ2) is 8.28. The van der Waals surface area contributed by atoms with Gasteiger partial charge in [0.1, 0.15) is 11.5 Å². The van der Waals surface area contributed by atoms with Crippen LogP contribution in [-0.2, 0) is 4.74 Å². The van der Waals surface area contributed by atoms with Gasteiger partial charge in [0.2, 0.25) is 0 Å². The van der Waals surface area contributed by atoms with Crippen LogP contribution in [-0.4, -0.2) is 35.3 Å². The van der Waals surface area contributed by atoms with Crippen molar-refractivity contribution in [3.63, 3.8) is 0 Å². The van der Waals surface area contributed by atoms with Crippen molar-refractivity contribution < 1.29 is 18.4 Å². The van der Waals surface area contributed by atoms with Gasteiger partial charge in [-0.1, -0.05) is 47.6 Å². The third kappa shape index (κ3) is 3.80. The molecule has 156 valence electrons. The van der Waals surface area contributed by atoms with E-state index in [0.29, 0.717) is 35.5 Å². The summed E-state index contributed by atoms with van der Waals surface area (Å²) in [6.45, 7) is 1.12. The number of carbonyl (C=O) groups excluding carboxylic acids is 1. The van der Waals surface area contributed by atoms with Crippen LogP contribution in [0.25, 0.3) is 33.6 Å². The minimum atomic E-state index is -0.428. The van der Waals surface area contributed by atoms with E-state index < -0.39 is 5.82 Å². The van der Waals surface area contributed by atoms with E-state index in [4.69, 9.17) is 9.26 Å². The number of hydrogen-bond acceptors (Lipinski definition) is 5. The largest absolute Gasteiger partial charge is 0.376 e. The molecular weight excluding hydrogens is 397 g/mol. The summed E-state index contributed by atoms with van der Waals surface area (Å²) in [6.07, 6.45) is 1.90. The Labute approximate surface area is 178 Å².